The van der Waals surface area contributed by atoms with Gasteiger partial charge in [-0.1, -0.05) is 12.1 Å². The van der Waals surface area contributed by atoms with Crippen molar-refractivity contribution in [1.82, 2.24) is 4.90 Å². The number of piperidine rings is 1. The van der Waals surface area contributed by atoms with Crippen molar-refractivity contribution in [3.63, 3.8) is 0 Å². The van der Waals surface area contributed by atoms with Gasteiger partial charge >= 0.3 is 0 Å². The summed E-state index contributed by atoms with van der Waals surface area (Å²) in [7, 11) is 0. The average Bonchev–Trinajstić information content (AvgIpc) is 2.40. The van der Waals surface area contributed by atoms with Crippen LogP contribution in [-0.4, -0.2) is 22.4 Å². The highest BCUT2D eigenvalue weighted by molar-refractivity contribution is 5.32. The molecule has 1 fully saturated rings. The highest BCUT2D eigenvalue weighted by atomic mass is 16.6. The summed E-state index contributed by atoms with van der Waals surface area (Å²) in [5.74, 6) is 0. The first-order valence-electron chi connectivity index (χ1n) is 6.07. The Labute approximate surface area is 106 Å². The van der Waals surface area contributed by atoms with Crippen molar-refractivity contribution in [3.8, 4) is 6.07 Å². The molecule has 1 aromatic rings. The predicted molar refractivity (Wildman–Crippen MR) is 66.8 cm³/mol. The maximum absolute atomic E-state index is 10.6. The number of rotatable bonds is 3. The summed E-state index contributed by atoms with van der Waals surface area (Å²) < 4.78 is 0. The zero-order valence-electron chi connectivity index (χ0n) is 10.1. The number of hydrogen-bond donors (Lipinski definition) is 0. The molecule has 1 aromatic carbocycles. The Bertz CT molecular complexity index is 464. The van der Waals surface area contributed by atoms with E-state index in [2.05, 4.69) is 11.0 Å². The summed E-state index contributed by atoms with van der Waals surface area (Å²) in [4.78, 5) is 12.3. The number of nitro groups is 1. The summed E-state index contributed by atoms with van der Waals surface area (Å²) in [5.41, 5.74) is 1.12. The number of hydrogen-bond acceptors (Lipinski definition) is 4. The second-order valence-corrected chi connectivity index (χ2v) is 4.53. The molecule has 0 aliphatic carbocycles. The van der Waals surface area contributed by atoms with Crippen LogP contribution in [0.15, 0.2) is 24.3 Å². The molecule has 1 saturated heterocycles. The van der Waals surface area contributed by atoms with E-state index >= 15 is 0 Å². The summed E-state index contributed by atoms with van der Waals surface area (Å²) in [5, 5.41) is 19.6. The lowest BCUT2D eigenvalue weighted by atomic mass is 10.0. The largest absolute Gasteiger partial charge is 0.284 e. The van der Waals surface area contributed by atoms with E-state index in [0.717, 1.165) is 31.4 Å². The fourth-order valence-electron chi connectivity index (χ4n) is 2.28. The highest BCUT2D eigenvalue weighted by Crippen LogP contribution is 2.20. The van der Waals surface area contributed by atoms with E-state index in [1.54, 1.807) is 12.1 Å². The maximum Gasteiger partial charge on any atom is 0.269 e. The summed E-state index contributed by atoms with van der Waals surface area (Å²) in [6.07, 6.45) is 3.14. The summed E-state index contributed by atoms with van der Waals surface area (Å²) >= 11 is 0. The molecule has 18 heavy (non-hydrogen) atoms. The maximum atomic E-state index is 10.6. The zero-order chi connectivity index (χ0) is 13.0. The Morgan fingerprint density at radius 1 is 1.39 bits per heavy atom. The minimum Gasteiger partial charge on any atom is -0.284 e. The van der Waals surface area contributed by atoms with Gasteiger partial charge in [0.15, 0.2) is 0 Å². The number of nitro benzene ring substituents is 1. The van der Waals surface area contributed by atoms with Crippen LogP contribution >= 0.6 is 0 Å². The van der Waals surface area contributed by atoms with Crippen LogP contribution in [0.3, 0.4) is 0 Å². The molecular formula is C13H15N3O2. The van der Waals surface area contributed by atoms with Crippen LogP contribution < -0.4 is 0 Å². The number of non-ortho nitro benzene ring substituents is 1. The minimum absolute atomic E-state index is 0.0195. The van der Waals surface area contributed by atoms with Gasteiger partial charge in [0.25, 0.3) is 5.69 Å². The second-order valence-electron chi connectivity index (χ2n) is 4.53. The third kappa shape index (κ3) is 2.84. The van der Waals surface area contributed by atoms with Crippen LogP contribution in [0.25, 0.3) is 0 Å². The molecule has 0 N–H and O–H groups in total. The normalized spacial score (nSPS) is 20.3. The van der Waals surface area contributed by atoms with E-state index in [0.29, 0.717) is 6.54 Å². The molecule has 2 rings (SSSR count). The van der Waals surface area contributed by atoms with Crippen molar-refractivity contribution in [2.24, 2.45) is 0 Å². The minimum atomic E-state index is -0.400. The molecule has 1 aliphatic rings. The molecule has 1 atom stereocenters. The van der Waals surface area contributed by atoms with Gasteiger partial charge in [-0.15, -0.1) is 0 Å². The summed E-state index contributed by atoms with van der Waals surface area (Å²) in [6.45, 7) is 1.62. The molecular weight excluding hydrogens is 230 g/mol. The first kappa shape index (κ1) is 12.5. The highest BCUT2D eigenvalue weighted by Gasteiger charge is 2.21. The Morgan fingerprint density at radius 2 is 2.11 bits per heavy atom. The molecule has 5 heteroatoms. The molecule has 0 saturated carbocycles. The van der Waals surface area contributed by atoms with Crippen LogP contribution in [-0.2, 0) is 6.54 Å². The van der Waals surface area contributed by atoms with E-state index in [-0.39, 0.29) is 11.7 Å². The first-order valence-corrected chi connectivity index (χ1v) is 6.07. The third-order valence-electron chi connectivity index (χ3n) is 3.30. The Balaban J connectivity index is 2.04. The first-order chi connectivity index (χ1) is 8.70. The van der Waals surface area contributed by atoms with Gasteiger partial charge in [-0.05, 0) is 31.4 Å². The van der Waals surface area contributed by atoms with Gasteiger partial charge in [0.1, 0.15) is 0 Å². The lowest BCUT2D eigenvalue weighted by Gasteiger charge is -2.31. The van der Waals surface area contributed by atoms with Crippen molar-refractivity contribution in [1.29, 1.82) is 5.26 Å². The molecule has 0 spiro atoms. The van der Waals surface area contributed by atoms with Gasteiger partial charge in [0.05, 0.1) is 17.0 Å². The van der Waals surface area contributed by atoms with Crippen LogP contribution in [0.5, 0.6) is 0 Å². The quantitative estimate of drug-likeness (QED) is 0.606. The molecule has 0 bridgehead atoms. The topological polar surface area (TPSA) is 70.2 Å². The third-order valence-corrected chi connectivity index (χ3v) is 3.30. The molecule has 5 nitrogen and oxygen atoms in total. The van der Waals surface area contributed by atoms with Crippen molar-refractivity contribution < 1.29 is 4.92 Å². The van der Waals surface area contributed by atoms with Crippen molar-refractivity contribution in [3.05, 3.63) is 39.9 Å². The van der Waals surface area contributed by atoms with E-state index in [1.807, 2.05) is 0 Å². The number of nitriles is 1. The van der Waals surface area contributed by atoms with Crippen molar-refractivity contribution in [2.75, 3.05) is 6.54 Å². The van der Waals surface area contributed by atoms with Crippen molar-refractivity contribution >= 4 is 5.69 Å². The van der Waals surface area contributed by atoms with E-state index in [4.69, 9.17) is 5.26 Å². The molecule has 1 unspecified atom stereocenters. The lowest BCUT2D eigenvalue weighted by Crippen LogP contribution is -2.37. The molecule has 0 radical (unpaired) electrons. The molecule has 0 amide bonds. The SMILES string of the molecule is N#CC1CCCCN1Cc1ccc([N+](=O)[O-])cc1. The smallest absolute Gasteiger partial charge is 0.269 e. The zero-order valence-corrected chi connectivity index (χ0v) is 10.1. The van der Waals surface area contributed by atoms with Crippen LogP contribution in [0, 0.1) is 21.4 Å². The predicted octanol–water partition coefficient (Wildman–Crippen LogP) is 2.47. The second kappa shape index (κ2) is 5.61. The van der Waals surface area contributed by atoms with Crippen LogP contribution in [0.1, 0.15) is 24.8 Å². The van der Waals surface area contributed by atoms with E-state index in [9.17, 15) is 10.1 Å². The monoisotopic (exact) mass is 245 g/mol. The number of benzene rings is 1. The van der Waals surface area contributed by atoms with Gasteiger partial charge in [-0.3, -0.25) is 15.0 Å². The molecule has 1 aliphatic heterocycles. The Morgan fingerprint density at radius 3 is 2.72 bits per heavy atom. The Kier molecular flexibility index (Phi) is 3.90. The number of likely N-dealkylation sites (tertiary alicyclic amines) is 1. The van der Waals surface area contributed by atoms with E-state index in [1.165, 1.54) is 12.1 Å². The van der Waals surface area contributed by atoms with Gasteiger partial charge in [-0.2, -0.15) is 5.26 Å². The van der Waals surface area contributed by atoms with Crippen LogP contribution in [0.4, 0.5) is 5.69 Å². The van der Waals surface area contributed by atoms with Crippen LogP contribution in [0.2, 0.25) is 0 Å². The fourth-order valence-corrected chi connectivity index (χ4v) is 2.28. The lowest BCUT2D eigenvalue weighted by molar-refractivity contribution is -0.384. The molecule has 0 aromatic heterocycles. The number of nitrogens with zero attached hydrogens (tertiary/aromatic N) is 3. The molecule has 94 valence electrons. The van der Waals surface area contributed by atoms with Gasteiger partial charge in [0.2, 0.25) is 0 Å². The standard InChI is InChI=1S/C13H15N3O2/c14-9-13-3-1-2-8-15(13)10-11-4-6-12(7-5-11)16(17)18/h4-7,13H,1-3,8,10H2. The van der Waals surface area contributed by atoms with Gasteiger partial charge < -0.3 is 0 Å². The van der Waals surface area contributed by atoms with Crippen molar-refractivity contribution in [2.45, 2.75) is 31.8 Å². The van der Waals surface area contributed by atoms with E-state index < -0.39 is 4.92 Å². The van der Waals surface area contributed by atoms with Gasteiger partial charge in [-0.25, -0.2) is 0 Å². The van der Waals surface area contributed by atoms with Gasteiger partial charge in [0, 0.05) is 18.7 Å². The molecule has 1 heterocycles. The Hall–Kier alpha value is -1.93. The summed E-state index contributed by atoms with van der Waals surface area (Å²) in [6, 6.07) is 8.86. The average molecular weight is 245 g/mol. The fraction of sp³-hybridized carbons (Fsp3) is 0.462.